The highest BCUT2D eigenvalue weighted by Gasteiger charge is 2.35. The fraction of sp³-hybridized carbons (Fsp3) is 0.192. The number of aromatic nitrogens is 1. The van der Waals surface area contributed by atoms with E-state index in [1.807, 2.05) is 12.1 Å². The van der Waals surface area contributed by atoms with Gasteiger partial charge in [-0.15, -0.1) is 6.42 Å². The van der Waals surface area contributed by atoms with Crippen molar-refractivity contribution in [3.8, 4) is 148 Å². The van der Waals surface area contributed by atoms with Crippen LogP contribution in [0.25, 0.3) is 10.9 Å². The molecule has 1 unspecified atom stereocenters. The van der Waals surface area contributed by atoms with Crippen LogP contribution >= 0.6 is 0 Å². The fourth-order valence-corrected chi connectivity index (χ4v) is 6.15. The maximum Gasteiger partial charge on any atom is 0.162 e. The number of aryl methyl sites for hydroxylation is 1. The molecule has 276 valence electrons. The summed E-state index contributed by atoms with van der Waals surface area (Å²) in [6, 6.07) is 16.0. The molecule has 0 saturated heterocycles. The monoisotopic (exact) mass is 752 g/mol. The number of nitrogens with zero attached hydrogens (tertiary/aromatic N) is 1. The molecule has 3 heterocycles. The second-order valence-electron chi connectivity index (χ2n) is 12.3. The number of halogens is 1. The molecule has 0 bridgehead atoms. The van der Waals surface area contributed by atoms with Crippen molar-refractivity contribution in [3.63, 3.8) is 0 Å². The number of nitrogens with one attached hydrogen (secondary N) is 1. The van der Waals surface area contributed by atoms with Crippen LogP contribution in [0.3, 0.4) is 0 Å². The Labute approximate surface area is 340 Å². The maximum absolute atomic E-state index is 14.0. The van der Waals surface area contributed by atoms with Gasteiger partial charge in [0.25, 0.3) is 0 Å². The van der Waals surface area contributed by atoms with Crippen molar-refractivity contribution in [1.82, 2.24) is 9.88 Å². The number of ether oxygens (including phenoxy) is 3. The second kappa shape index (κ2) is 21.5. The molecule has 4 aromatic rings. The molecule has 0 saturated carbocycles. The summed E-state index contributed by atoms with van der Waals surface area (Å²) in [5.41, 5.74) is 7.82. The summed E-state index contributed by atoms with van der Waals surface area (Å²) < 4.78 is 31.4. The van der Waals surface area contributed by atoms with Gasteiger partial charge >= 0.3 is 0 Å². The minimum absolute atomic E-state index is 0.215. The van der Waals surface area contributed by atoms with E-state index >= 15 is 0 Å². The van der Waals surface area contributed by atoms with Gasteiger partial charge in [0.15, 0.2) is 11.5 Å². The molecule has 3 aromatic carbocycles. The van der Waals surface area contributed by atoms with Crippen LogP contribution in [-0.2, 0) is 26.0 Å². The van der Waals surface area contributed by atoms with Crippen molar-refractivity contribution in [2.24, 2.45) is 0 Å². The third-order valence-electron chi connectivity index (χ3n) is 8.81. The molecule has 0 fully saturated rings. The number of terminal acetylenes is 1. The lowest BCUT2D eigenvalue weighted by atomic mass is 9.85. The van der Waals surface area contributed by atoms with Gasteiger partial charge in [-0.2, -0.15) is 0 Å². The molecule has 0 aliphatic carbocycles. The minimum Gasteiger partial charge on any atom is -0.497 e. The summed E-state index contributed by atoms with van der Waals surface area (Å²) in [6.45, 7) is 5.63. The molecule has 58 heavy (non-hydrogen) atoms. The van der Waals surface area contributed by atoms with Crippen molar-refractivity contribution in [2.45, 2.75) is 45.9 Å². The normalized spacial score (nSPS) is 11.8. The van der Waals surface area contributed by atoms with Gasteiger partial charge in [0.1, 0.15) is 18.2 Å². The quantitative estimate of drug-likeness (QED) is 0.236. The van der Waals surface area contributed by atoms with E-state index in [0.717, 1.165) is 48.5 Å². The Morgan fingerprint density at radius 2 is 1.36 bits per heavy atom. The van der Waals surface area contributed by atoms with Gasteiger partial charge < -0.3 is 19.2 Å². The summed E-state index contributed by atoms with van der Waals surface area (Å²) in [7, 11) is 3.38. The number of aromatic amines is 1. The van der Waals surface area contributed by atoms with E-state index in [9.17, 15) is 4.39 Å². The molecule has 0 spiro atoms. The highest BCUT2D eigenvalue weighted by atomic mass is 19.1. The standard InChI is InChI=1S/C29H29FN2O3.C23H4/c1-17-4-5-18(10-24(17)30)16-35-29-14-21-19(11-28(29)34-3)8-9-32-15-26-23(13-27(21)32)22-12-20(33-2)6-7-25(22)31-26;1-3-5-7-9-11-13-15-17-19-21-23-22-20-18-16-14-12-10-8-6-4-2/h4-7,10-12,14,27,31H,8-9,13,15-16H2,1-3H3;1H,2H3. The van der Waals surface area contributed by atoms with Gasteiger partial charge in [0.05, 0.1) is 14.2 Å². The first-order chi connectivity index (χ1) is 28.4. The second-order valence-corrected chi connectivity index (χ2v) is 12.3. The lowest BCUT2D eigenvalue weighted by Crippen LogP contribution is -2.39. The molecule has 1 atom stereocenters. The van der Waals surface area contributed by atoms with E-state index in [4.69, 9.17) is 20.6 Å². The Hall–Kier alpha value is -8.35. The number of H-pyrrole nitrogens is 1. The number of fused-ring (bicyclic) bond motifs is 6. The van der Waals surface area contributed by atoms with Crippen LogP contribution in [0.15, 0.2) is 48.5 Å². The fourth-order valence-electron chi connectivity index (χ4n) is 6.15. The molecular formula is C52H33FN2O3. The van der Waals surface area contributed by atoms with E-state index in [1.54, 1.807) is 34.1 Å². The molecule has 6 rings (SSSR count). The Balaban J connectivity index is 0.000000245. The van der Waals surface area contributed by atoms with Crippen LogP contribution in [0.4, 0.5) is 4.39 Å². The molecule has 0 radical (unpaired) electrons. The van der Waals surface area contributed by atoms with Crippen LogP contribution in [-0.4, -0.2) is 30.6 Å². The van der Waals surface area contributed by atoms with E-state index in [1.165, 1.54) is 33.8 Å². The zero-order chi connectivity index (χ0) is 41.0. The zero-order valence-electron chi connectivity index (χ0n) is 32.4. The molecular weight excluding hydrogens is 720 g/mol. The average Bonchev–Trinajstić information content (AvgIpc) is 3.60. The SMILES string of the molecule is C#CC#CC#CC#CC#CC#CC#CC#CC#CC#CC#CC.COc1ccc2[nH]c3c(c2c1)CC1c2cc(OCc4ccc(C)c(F)c4)c(OC)cc2CCN1C3. The first-order valence-corrected chi connectivity index (χ1v) is 17.8. The molecule has 2 aliphatic heterocycles. The molecule has 0 amide bonds. The molecule has 5 nitrogen and oxygen atoms in total. The summed E-state index contributed by atoms with van der Waals surface area (Å²) in [5.74, 6) is 54.0. The molecule has 1 aromatic heterocycles. The molecule has 1 N–H and O–H groups in total. The average molecular weight is 753 g/mol. The van der Waals surface area contributed by atoms with E-state index in [-0.39, 0.29) is 18.5 Å². The Kier molecular flexibility index (Phi) is 15.1. The van der Waals surface area contributed by atoms with Gasteiger partial charge in [-0.25, -0.2) is 4.39 Å². The Morgan fingerprint density at radius 3 is 1.93 bits per heavy atom. The van der Waals surface area contributed by atoms with Crippen LogP contribution in [0.2, 0.25) is 0 Å². The minimum atomic E-state index is -0.215. The Morgan fingerprint density at radius 1 is 0.741 bits per heavy atom. The number of hydrogen-bond acceptors (Lipinski definition) is 4. The first-order valence-electron chi connectivity index (χ1n) is 17.8. The van der Waals surface area contributed by atoms with Crippen molar-refractivity contribution < 1.29 is 18.6 Å². The van der Waals surface area contributed by atoms with Crippen molar-refractivity contribution in [2.75, 3.05) is 20.8 Å². The highest BCUT2D eigenvalue weighted by molar-refractivity contribution is 5.86. The largest absolute Gasteiger partial charge is 0.497 e. The summed E-state index contributed by atoms with van der Waals surface area (Å²) in [5, 5.41) is 1.23. The van der Waals surface area contributed by atoms with Gasteiger partial charge in [0.2, 0.25) is 0 Å². The van der Waals surface area contributed by atoms with Crippen LogP contribution in [0.1, 0.15) is 46.5 Å². The smallest absolute Gasteiger partial charge is 0.162 e. The lowest BCUT2D eigenvalue weighted by Gasteiger charge is -2.40. The van der Waals surface area contributed by atoms with Crippen molar-refractivity contribution in [3.05, 3.63) is 87.9 Å². The highest BCUT2D eigenvalue weighted by Crippen LogP contribution is 2.44. The van der Waals surface area contributed by atoms with Gasteiger partial charge in [-0.3, -0.25) is 4.90 Å². The van der Waals surface area contributed by atoms with Gasteiger partial charge in [-0.1, -0.05) is 18.1 Å². The van der Waals surface area contributed by atoms with Crippen molar-refractivity contribution in [1.29, 1.82) is 0 Å². The van der Waals surface area contributed by atoms with Crippen LogP contribution < -0.4 is 14.2 Å². The van der Waals surface area contributed by atoms with Crippen LogP contribution in [0, 0.1) is 143 Å². The van der Waals surface area contributed by atoms with E-state index < -0.39 is 0 Å². The van der Waals surface area contributed by atoms with Crippen molar-refractivity contribution >= 4 is 10.9 Å². The van der Waals surface area contributed by atoms with Gasteiger partial charge in [-0.05, 0) is 186 Å². The number of benzene rings is 3. The molecule has 6 heteroatoms. The topological polar surface area (TPSA) is 46.7 Å². The third kappa shape index (κ3) is 11.3. The third-order valence-corrected chi connectivity index (χ3v) is 8.81. The molecule has 2 aliphatic rings. The number of hydrogen-bond donors (Lipinski definition) is 1. The van der Waals surface area contributed by atoms with E-state index in [2.05, 4.69) is 158 Å². The summed E-state index contributed by atoms with van der Waals surface area (Å²) in [4.78, 5) is 6.17. The maximum atomic E-state index is 14.0. The number of rotatable bonds is 5. The van der Waals surface area contributed by atoms with Crippen LogP contribution in [0.5, 0.6) is 17.2 Å². The number of methoxy groups -OCH3 is 2. The Bertz CT molecular complexity index is 2950. The predicted molar refractivity (Wildman–Crippen MR) is 226 cm³/mol. The van der Waals surface area contributed by atoms with E-state index in [0.29, 0.717) is 11.3 Å². The zero-order valence-corrected chi connectivity index (χ0v) is 32.4. The van der Waals surface area contributed by atoms with Gasteiger partial charge in [0, 0.05) is 59.4 Å². The lowest BCUT2D eigenvalue weighted by molar-refractivity contribution is 0.158. The summed E-state index contributed by atoms with van der Waals surface area (Å²) in [6.07, 6.45) is 6.79. The first kappa shape index (κ1) is 40.8. The predicted octanol–water partition coefficient (Wildman–Crippen LogP) is 6.54. The summed E-state index contributed by atoms with van der Waals surface area (Å²) >= 11 is 0.